The molecule has 0 heterocycles. The van der Waals surface area contributed by atoms with Crippen LogP contribution < -0.4 is 5.32 Å². The molecule has 88 valence electrons. The molecule has 0 amide bonds. The Hall–Kier alpha value is -1.35. The van der Waals surface area contributed by atoms with Gasteiger partial charge in [0.15, 0.2) is 0 Å². The van der Waals surface area contributed by atoms with Crippen molar-refractivity contribution in [1.82, 2.24) is 5.32 Å². The molecule has 0 spiro atoms. The highest BCUT2D eigenvalue weighted by molar-refractivity contribution is 5.69. The maximum absolute atomic E-state index is 11.2. The zero-order chi connectivity index (χ0) is 11.8. The van der Waals surface area contributed by atoms with Crippen molar-refractivity contribution >= 4 is 5.97 Å². The van der Waals surface area contributed by atoms with Crippen LogP contribution in [0.15, 0.2) is 30.3 Å². The molecule has 0 aliphatic rings. The van der Waals surface area contributed by atoms with E-state index in [2.05, 4.69) is 17.4 Å². The molecule has 3 nitrogen and oxygen atoms in total. The molecule has 0 radical (unpaired) electrons. The van der Waals surface area contributed by atoms with Crippen LogP contribution in [0.3, 0.4) is 0 Å². The molecule has 3 heteroatoms. The van der Waals surface area contributed by atoms with E-state index in [1.54, 1.807) is 0 Å². The molecular formula is C13H19NO2. The molecule has 0 fully saturated rings. The molecule has 0 aliphatic carbocycles. The van der Waals surface area contributed by atoms with E-state index in [1.807, 2.05) is 32.0 Å². The van der Waals surface area contributed by atoms with Gasteiger partial charge in [0.2, 0.25) is 0 Å². The van der Waals surface area contributed by atoms with E-state index in [4.69, 9.17) is 4.74 Å². The van der Waals surface area contributed by atoms with Crippen molar-refractivity contribution in [3.05, 3.63) is 35.9 Å². The molecule has 0 unspecified atom stereocenters. The van der Waals surface area contributed by atoms with Gasteiger partial charge >= 0.3 is 5.97 Å². The van der Waals surface area contributed by atoms with Gasteiger partial charge in [-0.05, 0) is 19.4 Å². The Balaban J connectivity index is 2.25. The summed E-state index contributed by atoms with van der Waals surface area (Å²) in [6.07, 6.45) is 0.417. The Morgan fingerprint density at radius 1 is 1.38 bits per heavy atom. The highest BCUT2D eigenvalue weighted by Crippen LogP contribution is 2.00. The normalized spacial score (nSPS) is 12.1. The third kappa shape index (κ3) is 4.94. The Morgan fingerprint density at radius 2 is 2.06 bits per heavy atom. The Kier molecular flexibility index (Phi) is 5.57. The maximum atomic E-state index is 11.2. The summed E-state index contributed by atoms with van der Waals surface area (Å²) in [6, 6.07) is 10.3. The molecule has 0 saturated heterocycles. The van der Waals surface area contributed by atoms with Crippen molar-refractivity contribution in [3.8, 4) is 0 Å². The lowest BCUT2D eigenvalue weighted by molar-refractivity contribution is -0.143. The van der Waals surface area contributed by atoms with E-state index < -0.39 is 0 Å². The zero-order valence-electron chi connectivity index (χ0n) is 9.90. The van der Waals surface area contributed by atoms with Crippen LogP contribution in [0.5, 0.6) is 0 Å². The van der Waals surface area contributed by atoms with E-state index in [-0.39, 0.29) is 12.0 Å². The van der Waals surface area contributed by atoms with E-state index >= 15 is 0 Å². The summed E-state index contributed by atoms with van der Waals surface area (Å²) in [7, 11) is 0. The second-order valence-corrected chi connectivity index (χ2v) is 3.78. The lowest BCUT2D eigenvalue weighted by atomic mass is 10.2. The van der Waals surface area contributed by atoms with Crippen molar-refractivity contribution < 1.29 is 9.53 Å². The van der Waals surface area contributed by atoms with Crippen LogP contribution in [0.1, 0.15) is 25.8 Å². The monoisotopic (exact) mass is 221 g/mol. The van der Waals surface area contributed by atoms with Crippen molar-refractivity contribution in [3.63, 3.8) is 0 Å². The molecule has 0 saturated carbocycles. The number of hydrogen-bond acceptors (Lipinski definition) is 3. The standard InChI is InChI=1S/C13H19NO2/c1-3-16-13(15)9-11(2)14-10-12-7-5-4-6-8-12/h4-8,11,14H,3,9-10H2,1-2H3/t11-/m0/s1. The van der Waals surface area contributed by atoms with Gasteiger partial charge in [-0.1, -0.05) is 30.3 Å². The third-order valence-electron chi connectivity index (χ3n) is 2.28. The average molecular weight is 221 g/mol. The largest absolute Gasteiger partial charge is 0.466 e. The van der Waals surface area contributed by atoms with Gasteiger partial charge < -0.3 is 10.1 Å². The van der Waals surface area contributed by atoms with Crippen LogP contribution >= 0.6 is 0 Å². The van der Waals surface area contributed by atoms with Gasteiger partial charge in [-0.2, -0.15) is 0 Å². The number of carbonyl (C=O) groups excluding carboxylic acids is 1. The first-order chi connectivity index (χ1) is 7.72. The van der Waals surface area contributed by atoms with Crippen LogP contribution in [0.25, 0.3) is 0 Å². The highest BCUT2D eigenvalue weighted by atomic mass is 16.5. The molecule has 0 bridgehead atoms. The number of nitrogens with one attached hydrogen (secondary N) is 1. The van der Waals surface area contributed by atoms with Gasteiger partial charge in [0.1, 0.15) is 0 Å². The number of carbonyl (C=O) groups is 1. The second kappa shape index (κ2) is 7.01. The SMILES string of the molecule is CCOC(=O)C[C@H](C)NCc1ccccc1. The van der Waals surface area contributed by atoms with Crippen LogP contribution in [0.2, 0.25) is 0 Å². The molecule has 0 aromatic heterocycles. The highest BCUT2D eigenvalue weighted by Gasteiger charge is 2.08. The molecule has 16 heavy (non-hydrogen) atoms. The summed E-state index contributed by atoms with van der Waals surface area (Å²) >= 11 is 0. The predicted molar refractivity (Wildman–Crippen MR) is 64.0 cm³/mol. The molecule has 1 aromatic carbocycles. The maximum Gasteiger partial charge on any atom is 0.307 e. The summed E-state index contributed by atoms with van der Waals surface area (Å²) in [4.78, 5) is 11.2. The second-order valence-electron chi connectivity index (χ2n) is 3.78. The minimum Gasteiger partial charge on any atom is -0.466 e. The quantitative estimate of drug-likeness (QED) is 0.748. The topological polar surface area (TPSA) is 38.3 Å². The first-order valence-electron chi connectivity index (χ1n) is 5.65. The lowest BCUT2D eigenvalue weighted by Gasteiger charge is -2.12. The van der Waals surface area contributed by atoms with Crippen molar-refractivity contribution in [1.29, 1.82) is 0 Å². The molecule has 1 aromatic rings. The van der Waals surface area contributed by atoms with E-state index in [0.29, 0.717) is 13.0 Å². The van der Waals surface area contributed by atoms with Gasteiger partial charge in [0.25, 0.3) is 0 Å². The Bertz CT molecular complexity index is 311. The summed E-state index contributed by atoms with van der Waals surface area (Å²) in [5, 5.41) is 3.29. The van der Waals surface area contributed by atoms with Crippen molar-refractivity contribution in [2.24, 2.45) is 0 Å². The van der Waals surface area contributed by atoms with Crippen LogP contribution in [-0.4, -0.2) is 18.6 Å². The number of hydrogen-bond donors (Lipinski definition) is 1. The van der Waals surface area contributed by atoms with Gasteiger partial charge in [0.05, 0.1) is 13.0 Å². The molecule has 1 atom stereocenters. The first kappa shape index (κ1) is 12.7. The number of esters is 1. The van der Waals surface area contributed by atoms with Gasteiger partial charge in [-0.15, -0.1) is 0 Å². The van der Waals surface area contributed by atoms with Crippen LogP contribution in [0.4, 0.5) is 0 Å². The van der Waals surface area contributed by atoms with E-state index in [0.717, 1.165) is 6.54 Å². The lowest BCUT2D eigenvalue weighted by Crippen LogP contribution is -2.28. The minimum atomic E-state index is -0.143. The fourth-order valence-electron chi connectivity index (χ4n) is 1.43. The number of rotatable bonds is 6. The minimum absolute atomic E-state index is 0.138. The van der Waals surface area contributed by atoms with Crippen LogP contribution in [-0.2, 0) is 16.1 Å². The summed E-state index contributed by atoms with van der Waals surface area (Å²) < 4.78 is 4.89. The fraction of sp³-hybridized carbons (Fsp3) is 0.462. The zero-order valence-corrected chi connectivity index (χ0v) is 9.90. The fourth-order valence-corrected chi connectivity index (χ4v) is 1.43. The number of ether oxygens (including phenoxy) is 1. The van der Waals surface area contributed by atoms with Crippen molar-refractivity contribution in [2.45, 2.75) is 32.9 Å². The molecule has 0 aliphatic heterocycles. The Labute approximate surface area is 96.8 Å². The summed E-state index contributed by atoms with van der Waals surface area (Å²) in [6.45, 7) is 5.03. The predicted octanol–water partition coefficient (Wildman–Crippen LogP) is 2.12. The van der Waals surface area contributed by atoms with E-state index in [1.165, 1.54) is 5.56 Å². The summed E-state index contributed by atoms with van der Waals surface area (Å²) in [5.41, 5.74) is 1.22. The third-order valence-corrected chi connectivity index (χ3v) is 2.28. The van der Waals surface area contributed by atoms with Crippen LogP contribution in [0, 0.1) is 0 Å². The number of benzene rings is 1. The van der Waals surface area contributed by atoms with E-state index in [9.17, 15) is 4.79 Å². The van der Waals surface area contributed by atoms with Gasteiger partial charge in [0, 0.05) is 12.6 Å². The smallest absolute Gasteiger partial charge is 0.307 e. The molecular weight excluding hydrogens is 202 g/mol. The van der Waals surface area contributed by atoms with Gasteiger partial charge in [-0.25, -0.2) is 0 Å². The first-order valence-corrected chi connectivity index (χ1v) is 5.65. The van der Waals surface area contributed by atoms with Crippen molar-refractivity contribution in [2.75, 3.05) is 6.61 Å². The molecule has 1 rings (SSSR count). The summed E-state index contributed by atoms with van der Waals surface area (Å²) in [5.74, 6) is -0.143. The molecule has 1 N–H and O–H groups in total. The van der Waals surface area contributed by atoms with Gasteiger partial charge in [-0.3, -0.25) is 4.79 Å². The Morgan fingerprint density at radius 3 is 2.69 bits per heavy atom. The average Bonchev–Trinajstić information content (AvgIpc) is 2.28.